The Morgan fingerprint density at radius 1 is 1.10 bits per heavy atom. The zero-order valence-corrected chi connectivity index (χ0v) is 12.1. The minimum Gasteiger partial charge on any atom is -0.497 e. The van der Waals surface area contributed by atoms with Gasteiger partial charge in [-0.2, -0.15) is 4.98 Å². The van der Waals surface area contributed by atoms with E-state index in [1.165, 1.54) is 0 Å². The highest BCUT2D eigenvalue weighted by molar-refractivity contribution is 5.60. The lowest BCUT2D eigenvalue weighted by molar-refractivity contribution is 0.325. The van der Waals surface area contributed by atoms with E-state index in [1.807, 2.05) is 26.0 Å². The van der Waals surface area contributed by atoms with Crippen molar-refractivity contribution in [2.45, 2.75) is 19.9 Å². The Morgan fingerprint density at radius 3 is 2.20 bits per heavy atom. The van der Waals surface area contributed by atoms with Gasteiger partial charge in [-0.05, 0) is 18.1 Å². The van der Waals surface area contributed by atoms with E-state index in [2.05, 4.69) is 10.1 Å². The summed E-state index contributed by atoms with van der Waals surface area (Å²) in [6, 6.07) is 5.14. The molecule has 108 valence electrons. The van der Waals surface area contributed by atoms with Crippen LogP contribution in [0.4, 0.5) is 0 Å². The molecule has 0 aliphatic carbocycles. The Balaban J connectivity index is 2.36. The predicted molar refractivity (Wildman–Crippen MR) is 74.6 cm³/mol. The SMILES string of the molecule is COc1cc(OC)cc(-c2noc([C@H](N)C(C)C)n2)c1. The van der Waals surface area contributed by atoms with Crippen molar-refractivity contribution in [2.75, 3.05) is 14.2 Å². The molecule has 0 saturated heterocycles. The van der Waals surface area contributed by atoms with Gasteiger partial charge in [0, 0.05) is 11.6 Å². The lowest BCUT2D eigenvalue weighted by Gasteiger charge is -2.09. The molecule has 2 aromatic rings. The summed E-state index contributed by atoms with van der Waals surface area (Å²) in [4.78, 5) is 4.34. The van der Waals surface area contributed by atoms with Crippen molar-refractivity contribution in [1.82, 2.24) is 10.1 Å². The van der Waals surface area contributed by atoms with Crippen molar-refractivity contribution in [3.63, 3.8) is 0 Å². The Morgan fingerprint density at radius 2 is 1.70 bits per heavy atom. The van der Waals surface area contributed by atoms with E-state index in [1.54, 1.807) is 20.3 Å². The average Bonchev–Trinajstić information content (AvgIpc) is 2.95. The van der Waals surface area contributed by atoms with Crippen LogP contribution in [0.1, 0.15) is 25.8 Å². The molecule has 1 heterocycles. The van der Waals surface area contributed by atoms with Crippen LogP contribution in [-0.2, 0) is 0 Å². The minimum atomic E-state index is -0.274. The van der Waals surface area contributed by atoms with Crippen molar-refractivity contribution in [2.24, 2.45) is 11.7 Å². The first-order valence-corrected chi connectivity index (χ1v) is 6.37. The molecule has 1 atom stereocenters. The molecule has 0 bridgehead atoms. The molecular formula is C14H19N3O3. The maximum absolute atomic E-state index is 6.00. The molecule has 0 radical (unpaired) electrons. The normalized spacial score (nSPS) is 12.5. The van der Waals surface area contributed by atoms with Gasteiger partial charge in [0.15, 0.2) is 0 Å². The van der Waals surface area contributed by atoms with Crippen LogP contribution < -0.4 is 15.2 Å². The summed E-state index contributed by atoms with van der Waals surface area (Å²) < 4.78 is 15.7. The molecule has 2 N–H and O–H groups in total. The van der Waals surface area contributed by atoms with E-state index >= 15 is 0 Å². The summed E-state index contributed by atoms with van der Waals surface area (Å²) in [5, 5.41) is 3.96. The molecular weight excluding hydrogens is 258 g/mol. The molecule has 20 heavy (non-hydrogen) atoms. The Hall–Kier alpha value is -2.08. The Labute approximate surface area is 117 Å². The van der Waals surface area contributed by atoms with E-state index in [-0.39, 0.29) is 12.0 Å². The highest BCUT2D eigenvalue weighted by atomic mass is 16.5. The fraction of sp³-hybridized carbons (Fsp3) is 0.429. The fourth-order valence-electron chi connectivity index (χ4n) is 1.71. The maximum atomic E-state index is 6.00. The van der Waals surface area contributed by atoms with Gasteiger partial charge in [0.2, 0.25) is 11.7 Å². The highest BCUT2D eigenvalue weighted by Gasteiger charge is 2.19. The summed E-state index contributed by atoms with van der Waals surface area (Å²) in [7, 11) is 3.18. The van der Waals surface area contributed by atoms with Gasteiger partial charge in [-0.1, -0.05) is 19.0 Å². The lowest BCUT2D eigenvalue weighted by Crippen LogP contribution is -2.16. The maximum Gasteiger partial charge on any atom is 0.244 e. The highest BCUT2D eigenvalue weighted by Crippen LogP contribution is 2.29. The number of rotatable bonds is 5. The molecule has 0 amide bonds. The van der Waals surface area contributed by atoms with Crippen molar-refractivity contribution >= 4 is 0 Å². The number of nitrogens with zero attached hydrogens (tertiary/aromatic N) is 2. The molecule has 0 fully saturated rings. The second-order valence-corrected chi connectivity index (χ2v) is 4.83. The smallest absolute Gasteiger partial charge is 0.244 e. The third-order valence-corrected chi connectivity index (χ3v) is 3.05. The number of methoxy groups -OCH3 is 2. The van der Waals surface area contributed by atoms with E-state index in [4.69, 9.17) is 19.7 Å². The van der Waals surface area contributed by atoms with Crippen molar-refractivity contribution in [3.8, 4) is 22.9 Å². The molecule has 0 aliphatic rings. The monoisotopic (exact) mass is 277 g/mol. The van der Waals surface area contributed by atoms with E-state index in [0.29, 0.717) is 23.2 Å². The Bertz CT molecular complexity index is 559. The van der Waals surface area contributed by atoms with Crippen molar-refractivity contribution in [3.05, 3.63) is 24.1 Å². The van der Waals surface area contributed by atoms with Gasteiger partial charge in [-0.25, -0.2) is 0 Å². The predicted octanol–water partition coefficient (Wildman–Crippen LogP) is 2.41. The van der Waals surface area contributed by atoms with Gasteiger partial charge >= 0.3 is 0 Å². The third kappa shape index (κ3) is 2.91. The van der Waals surface area contributed by atoms with E-state index < -0.39 is 0 Å². The van der Waals surface area contributed by atoms with Gasteiger partial charge < -0.3 is 19.7 Å². The van der Waals surface area contributed by atoms with Gasteiger partial charge in [0.25, 0.3) is 0 Å². The summed E-state index contributed by atoms with van der Waals surface area (Å²) >= 11 is 0. The third-order valence-electron chi connectivity index (χ3n) is 3.05. The number of nitrogens with two attached hydrogens (primary N) is 1. The molecule has 6 nitrogen and oxygen atoms in total. The first-order valence-electron chi connectivity index (χ1n) is 6.37. The average molecular weight is 277 g/mol. The zero-order valence-electron chi connectivity index (χ0n) is 12.1. The quantitative estimate of drug-likeness (QED) is 0.903. The lowest BCUT2D eigenvalue weighted by atomic mass is 10.1. The van der Waals surface area contributed by atoms with Crippen LogP contribution in [0.3, 0.4) is 0 Å². The van der Waals surface area contributed by atoms with Crippen LogP contribution in [0.15, 0.2) is 22.7 Å². The van der Waals surface area contributed by atoms with Crippen molar-refractivity contribution < 1.29 is 14.0 Å². The minimum absolute atomic E-state index is 0.225. The second-order valence-electron chi connectivity index (χ2n) is 4.83. The number of hydrogen-bond acceptors (Lipinski definition) is 6. The molecule has 0 saturated carbocycles. The molecule has 6 heteroatoms. The zero-order chi connectivity index (χ0) is 14.7. The largest absolute Gasteiger partial charge is 0.497 e. The summed E-state index contributed by atoms with van der Waals surface area (Å²) in [5.74, 6) is 2.45. The summed E-state index contributed by atoms with van der Waals surface area (Å²) in [5.41, 5.74) is 6.75. The van der Waals surface area contributed by atoms with Crippen molar-refractivity contribution in [1.29, 1.82) is 0 Å². The number of ether oxygens (including phenoxy) is 2. The van der Waals surface area contributed by atoms with Gasteiger partial charge in [-0.15, -0.1) is 0 Å². The van der Waals surface area contributed by atoms with Crippen LogP contribution in [0, 0.1) is 5.92 Å². The molecule has 2 rings (SSSR count). The molecule has 1 aromatic heterocycles. The van der Waals surface area contributed by atoms with E-state index in [0.717, 1.165) is 5.56 Å². The Kier molecular flexibility index (Phi) is 4.24. The number of hydrogen-bond donors (Lipinski definition) is 1. The number of benzene rings is 1. The van der Waals surface area contributed by atoms with Crippen LogP contribution in [0.25, 0.3) is 11.4 Å². The van der Waals surface area contributed by atoms with Gasteiger partial charge in [-0.3, -0.25) is 0 Å². The van der Waals surface area contributed by atoms with Crippen LogP contribution in [0.2, 0.25) is 0 Å². The fourth-order valence-corrected chi connectivity index (χ4v) is 1.71. The molecule has 0 aliphatic heterocycles. The topological polar surface area (TPSA) is 83.4 Å². The molecule has 0 spiro atoms. The van der Waals surface area contributed by atoms with Gasteiger partial charge in [0.05, 0.1) is 20.3 Å². The first kappa shape index (κ1) is 14.3. The standard InChI is InChI=1S/C14H19N3O3/c1-8(2)12(15)14-16-13(17-20-14)9-5-10(18-3)7-11(6-9)19-4/h5-8,12H,15H2,1-4H3/t12-/m1/s1. The van der Waals surface area contributed by atoms with E-state index in [9.17, 15) is 0 Å². The second kappa shape index (κ2) is 5.92. The first-order chi connectivity index (χ1) is 9.55. The van der Waals surface area contributed by atoms with Crippen LogP contribution in [0.5, 0.6) is 11.5 Å². The summed E-state index contributed by atoms with van der Waals surface area (Å²) in [6.07, 6.45) is 0. The summed E-state index contributed by atoms with van der Waals surface area (Å²) in [6.45, 7) is 4.01. The van der Waals surface area contributed by atoms with Crippen LogP contribution >= 0.6 is 0 Å². The molecule has 1 aromatic carbocycles. The number of aromatic nitrogens is 2. The van der Waals surface area contributed by atoms with Crippen LogP contribution in [-0.4, -0.2) is 24.4 Å². The van der Waals surface area contributed by atoms with Gasteiger partial charge in [0.1, 0.15) is 11.5 Å². The molecule has 0 unspecified atom stereocenters.